The normalized spacial score (nSPS) is 10.3. The quantitative estimate of drug-likeness (QED) is 0.759. The second-order valence-electron chi connectivity index (χ2n) is 4.33. The highest BCUT2D eigenvalue weighted by Gasteiger charge is 2.14. The second-order valence-corrected chi connectivity index (χ2v) is 4.76. The number of hydrogen-bond donors (Lipinski definition) is 0. The summed E-state index contributed by atoms with van der Waals surface area (Å²) in [6.45, 7) is 2.63. The van der Waals surface area contributed by atoms with Crippen LogP contribution in [0, 0.1) is 5.82 Å². The van der Waals surface area contributed by atoms with Crippen LogP contribution >= 0.6 is 11.6 Å². The van der Waals surface area contributed by atoms with Gasteiger partial charge in [-0.3, -0.25) is 4.79 Å². The average Bonchev–Trinajstić information content (AvgIpc) is 2.47. The van der Waals surface area contributed by atoms with Crippen molar-refractivity contribution in [3.8, 4) is 5.75 Å². The van der Waals surface area contributed by atoms with E-state index in [1.165, 1.54) is 18.2 Å². The topological polar surface area (TPSA) is 26.3 Å². The second kappa shape index (κ2) is 6.53. The predicted molar refractivity (Wildman–Crippen MR) is 77.1 cm³/mol. The smallest absolute Gasteiger partial charge is 0.196 e. The van der Waals surface area contributed by atoms with E-state index in [2.05, 4.69) is 0 Å². The Morgan fingerprint density at radius 3 is 2.55 bits per heavy atom. The van der Waals surface area contributed by atoms with E-state index in [4.69, 9.17) is 16.3 Å². The van der Waals surface area contributed by atoms with Crippen LogP contribution in [-0.2, 0) is 0 Å². The minimum absolute atomic E-state index is 0.0280. The molecular formula is C16H14ClFO2. The van der Waals surface area contributed by atoms with E-state index < -0.39 is 11.6 Å². The van der Waals surface area contributed by atoms with Gasteiger partial charge in [-0.2, -0.15) is 0 Å². The zero-order valence-corrected chi connectivity index (χ0v) is 11.8. The molecule has 0 aliphatic rings. The molecule has 2 aromatic rings. The summed E-state index contributed by atoms with van der Waals surface area (Å²) in [5, 5.41) is 0.331. The molecule has 0 saturated heterocycles. The zero-order valence-electron chi connectivity index (χ0n) is 11.0. The lowest BCUT2D eigenvalue weighted by atomic mass is 10.0. The molecule has 2 aromatic carbocycles. The van der Waals surface area contributed by atoms with Crippen molar-refractivity contribution in [2.75, 3.05) is 6.61 Å². The first-order chi connectivity index (χ1) is 9.61. The number of rotatable bonds is 5. The highest BCUT2D eigenvalue weighted by Crippen LogP contribution is 2.20. The fourth-order valence-corrected chi connectivity index (χ4v) is 1.92. The first kappa shape index (κ1) is 14.5. The lowest BCUT2D eigenvalue weighted by Gasteiger charge is -2.06. The molecule has 20 heavy (non-hydrogen) atoms. The minimum atomic E-state index is -0.578. The maximum absolute atomic E-state index is 13.6. The van der Waals surface area contributed by atoms with Crippen LogP contribution in [0.1, 0.15) is 29.3 Å². The Morgan fingerprint density at radius 2 is 1.90 bits per heavy atom. The van der Waals surface area contributed by atoms with E-state index in [9.17, 15) is 9.18 Å². The molecule has 0 amide bonds. The number of benzene rings is 2. The highest BCUT2D eigenvalue weighted by molar-refractivity contribution is 6.31. The molecule has 0 heterocycles. The molecule has 4 heteroatoms. The Kier molecular flexibility index (Phi) is 4.74. The molecule has 0 unspecified atom stereocenters. The summed E-state index contributed by atoms with van der Waals surface area (Å²) >= 11 is 5.79. The third-order valence-corrected chi connectivity index (χ3v) is 3.00. The Balaban J connectivity index is 2.22. The van der Waals surface area contributed by atoms with Gasteiger partial charge < -0.3 is 4.74 Å². The van der Waals surface area contributed by atoms with E-state index in [0.717, 1.165) is 6.42 Å². The van der Waals surface area contributed by atoms with Gasteiger partial charge in [0, 0.05) is 10.6 Å². The van der Waals surface area contributed by atoms with Gasteiger partial charge in [-0.05, 0) is 48.9 Å². The highest BCUT2D eigenvalue weighted by atomic mass is 35.5. The van der Waals surface area contributed by atoms with Crippen molar-refractivity contribution < 1.29 is 13.9 Å². The first-order valence-electron chi connectivity index (χ1n) is 6.34. The molecule has 0 saturated carbocycles. The van der Waals surface area contributed by atoms with Crippen LogP contribution in [0.25, 0.3) is 0 Å². The third-order valence-electron chi connectivity index (χ3n) is 2.76. The van der Waals surface area contributed by atoms with Crippen LogP contribution < -0.4 is 4.74 Å². The van der Waals surface area contributed by atoms with Gasteiger partial charge in [0.2, 0.25) is 0 Å². The Labute approximate surface area is 122 Å². The molecule has 0 aliphatic carbocycles. The van der Waals surface area contributed by atoms with Gasteiger partial charge in [0.1, 0.15) is 11.6 Å². The lowest BCUT2D eigenvalue weighted by molar-refractivity contribution is 0.103. The standard InChI is InChI=1S/C16H14ClFO2/c1-2-9-20-13-6-3-11(4-7-13)16(19)14-10-12(17)5-8-15(14)18/h3-8,10H,2,9H2,1H3. The van der Waals surface area contributed by atoms with Gasteiger partial charge in [0.25, 0.3) is 0 Å². The largest absolute Gasteiger partial charge is 0.494 e. The van der Waals surface area contributed by atoms with E-state index in [1.54, 1.807) is 24.3 Å². The molecule has 0 aromatic heterocycles. The van der Waals surface area contributed by atoms with Crippen LogP contribution in [0.2, 0.25) is 5.02 Å². The third kappa shape index (κ3) is 3.36. The fourth-order valence-electron chi connectivity index (χ4n) is 1.75. The fraction of sp³-hybridized carbons (Fsp3) is 0.188. The van der Waals surface area contributed by atoms with Crippen molar-refractivity contribution in [2.24, 2.45) is 0 Å². The molecule has 0 aliphatic heterocycles. The summed E-state index contributed by atoms with van der Waals surface area (Å²) in [7, 11) is 0. The predicted octanol–water partition coefficient (Wildman–Crippen LogP) is 4.50. The number of carbonyl (C=O) groups is 1. The van der Waals surface area contributed by atoms with Crippen LogP contribution in [0.3, 0.4) is 0 Å². The van der Waals surface area contributed by atoms with Gasteiger partial charge >= 0.3 is 0 Å². The molecular weight excluding hydrogens is 279 g/mol. The van der Waals surface area contributed by atoms with Crippen LogP contribution in [0.15, 0.2) is 42.5 Å². The maximum atomic E-state index is 13.6. The molecule has 0 bridgehead atoms. The average molecular weight is 293 g/mol. The minimum Gasteiger partial charge on any atom is -0.494 e. The van der Waals surface area contributed by atoms with E-state index >= 15 is 0 Å². The van der Waals surface area contributed by atoms with Crippen LogP contribution in [0.4, 0.5) is 4.39 Å². The van der Waals surface area contributed by atoms with Crippen molar-refractivity contribution >= 4 is 17.4 Å². The number of hydrogen-bond acceptors (Lipinski definition) is 2. The van der Waals surface area contributed by atoms with Gasteiger partial charge in [-0.1, -0.05) is 18.5 Å². The monoisotopic (exact) mass is 292 g/mol. The van der Waals surface area contributed by atoms with E-state index in [0.29, 0.717) is 22.9 Å². The van der Waals surface area contributed by atoms with Gasteiger partial charge in [-0.15, -0.1) is 0 Å². The van der Waals surface area contributed by atoms with Gasteiger partial charge in [-0.25, -0.2) is 4.39 Å². The molecule has 0 radical (unpaired) electrons. The van der Waals surface area contributed by atoms with Crippen molar-refractivity contribution in [3.63, 3.8) is 0 Å². The van der Waals surface area contributed by atoms with Gasteiger partial charge in [0.15, 0.2) is 5.78 Å². The van der Waals surface area contributed by atoms with Crippen molar-refractivity contribution in [2.45, 2.75) is 13.3 Å². The first-order valence-corrected chi connectivity index (χ1v) is 6.72. The molecule has 0 fully saturated rings. The Bertz CT molecular complexity index is 608. The Morgan fingerprint density at radius 1 is 1.20 bits per heavy atom. The zero-order chi connectivity index (χ0) is 14.5. The molecule has 104 valence electrons. The Hall–Kier alpha value is -1.87. The van der Waals surface area contributed by atoms with Crippen LogP contribution in [0.5, 0.6) is 5.75 Å². The molecule has 0 atom stereocenters. The van der Waals surface area contributed by atoms with Crippen molar-refractivity contribution in [1.82, 2.24) is 0 Å². The van der Waals surface area contributed by atoms with Crippen molar-refractivity contribution in [3.05, 3.63) is 64.4 Å². The van der Waals surface area contributed by atoms with Gasteiger partial charge in [0.05, 0.1) is 12.2 Å². The summed E-state index contributed by atoms with van der Waals surface area (Å²) in [5.74, 6) is -0.285. The number of ether oxygens (including phenoxy) is 1. The summed E-state index contributed by atoms with van der Waals surface area (Å²) in [6.07, 6.45) is 0.911. The molecule has 0 spiro atoms. The maximum Gasteiger partial charge on any atom is 0.196 e. The summed E-state index contributed by atoms with van der Waals surface area (Å²) in [6, 6.07) is 10.6. The molecule has 0 N–H and O–H groups in total. The van der Waals surface area contributed by atoms with E-state index in [1.807, 2.05) is 6.92 Å². The lowest BCUT2D eigenvalue weighted by Crippen LogP contribution is -2.04. The molecule has 2 rings (SSSR count). The van der Waals surface area contributed by atoms with Crippen LogP contribution in [-0.4, -0.2) is 12.4 Å². The summed E-state index contributed by atoms with van der Waals surface area (Å²) < 4.78 is 19.1. The number of halogens is 2. The van der Waals surface area contributed by atoms with Crippen molar-refractivity contribution in [1.29, 1.82) is 0 Å². The van der Waals surface area contributed by atoms with E-state index in [-0.39, 0.29) is 5.56 Å². The SMILES string of the molecule is CCCOc1ccc(C(=O)c2cc(Cl)ccc2F)cc1. The summed E-state index contributed by atoms with van der Waals surface area (Å²) in [4.78, 5) is 12.2. The summed E-state index contributed by atoms with van der Waals surface area (Å²) in [5.41, 5.74) is 0.370. The number of carbonyl (C=O) groups excluding carboxylic acids is 1. The molecule has 2 nitrogen and oxygen atoms in total. The number of ketones is 1.